The average Bonchev–Trinajstić information content (AvgIpc) is 2.34. The molecule has 88 valence electrons. The number of halogens is 1. The van der Waals surface area contributed by atoms with E-state index in [1.54, 1.807) is 16.8 Å². The van der Waals surface area contributed by atoms with Crippen LogP contribution in [0.2, 0.25) is 5.02 Å². The van der Waals surface area contributed by atoms with Gasteiger partial charge in [-0.25, -0.2) is 9.78 Å². The predicted molar refractivity (Wildman–Crippen MR) is 68.4 cm³/mol. The van der Waals surface area contributed by atoms with E-state index in [0.29, 0.717) is 18.1 Å². The molecule has 1 aromatic heterocycles. The van der Waals surface area contributed by atoms with Gasteiger partial charge in [0.15, 0.2) is 0 Å². The predicted octanol–water partition coefficient (Wildman–Crippen LogP) is 2.01. The Hall–Kier alpha value is -1.81. The van der Waals surface area contributed by atoms with Gasteiger partial charge in [0.1, 0.15) is 0 Å². The molecule has 0 bridgehead atoms. The maximum absolute atomic E-state index is 11.3. The third-order valence-corrected chi connectivity index (χ3v) is 2.56. The molecule has 1 aromatic carbocycles. The number of anilines is 1. The van der Waals surface area contributed by atoms with E-state index in [0.717, 1.165) is 5.69 Å². The van der Waals surface area contributed by atoms with Crippen molar-refractivity contribution in [3.05, 3.63) is 58.2 Å². The van der Waals surface area contributed by atoms with Crippen molar-refractivity contribution in [1.82, 2.24) is 9.55 Å². The molecule has 0 saturated heterocycles. The summed E-state index contributed by atoms with van der Waals surface area (Å²) in [6.07, 6.45) is 3.21. The van der Waals surface area contributed by atoms with Crippen molar-refractivity contribution in [1.29, 1.82) is 0 Å². The first kappa shape index (κ1) is 11.7. The van der Waals surface area contributed by atoms with Crippen LogP contribution in [0.3, 0.4) is 0 Å². The van der Waals surface area contributed by atoms with Gasteiger partial charge in [0.05, 0.1) is 0 Å². The highest BCUT2D eigenvalue weighted by Gasteiger charge is 1.95. The van der Waals surface area contributed by atoms with Crippen LogP contribution >= 0.6 is 11.6 Å². The first-order chi connectivity index (χ1) is 8.25. The van der Waals surface area contributed by atoms with Crippen molar-refractivity contribution in [2.75, 3.05) is 11.9 Å². The highest BCUT2D eigenvalue weighted by molar-refractivity contribution is 6.30. The SMILES string of the molecule is O=c1ncccn1CCNc1ccc(Cl)cc1. The molecule has 1 heterocycles. The van der Waals surface area contributed by atoms with Gasteiger partial charge in [0, 0.05) is 36.2 Å². The van der Waals surface area contributed by atoms with Gasteiger partial charge in [0.2, 0.25) is 0 Å². The molecule has 0 unspecified atom stereocenters. The minimum atomic E-state index is -0.231. The molecule has 17 heavy (non-hydrogen) atoms. The number of hydrogen-bond donors (Lipinski definition) is 1. The summed E-state index contributed by atoms with van der Waals surface area (Å²) in [7, 11) is 0. The molecule has 0 fully saturated rings. The minimum absolute atomic E-state index is 0.231. The molecule has 0 aliphatic rings. The number of nitrogens with one attached hydrogen (secondary N) is 1. The van der Waals surface area contributed by atoms with Gasteiger partial charge in [-0.05, 0) is 30.3 Å². The maximum atomic E-state index is 11.3. The Bertz CT molecular complexity index is 536. The maximum Gasteiger partial charge on any atom is 0.347 e. The number of hydrogen-bond acceptors (Lipinski definition) is 3. The molecule has 0 atom stereocenters. The first-order valence-corrected chi connectivity index (χ1v) is 5.64. The van der Waals surface area contributed by atoms with Crippen LogP contribution < -0.4 is 11.0 Å². The number of aromatic nitrogens is 2. The van der Waals surface area contributed by atoms with Gasteiger partial charge in [-0.15, -0.1) is 0 Å². The van der Waals surface area contributed by atoms with Crippen molar-refractivity contribution in [3.63, 3.8) is 0 Å². The van der Waals surface area contributed by atoms with Gasteiger partial charge >= 0.3 is 5.69 Å². The van der Waals surface area contributed by atoms with E-state index >= 15 is 0 Å². The van der Waals surface area contributed by atoms with Gasteiger partial charge in [-0.2, -0.15) is 0 Å². The lowest BCUT2D eigenvalue weighted by atomic mass is 10.3. The molecule has 0 radical (unpaired) electrons. The van der Waals surface area contributed by atoms with Crippen LogP contribution in [-0.2, 0) is 6.54 Å². The lowest BCUT2D eigenvalue weighted by Crippen LogP contribution is -2.24. The Labute approximate surface area is 104 Å². The molecule has 1 N–H and O–H groups in total. The highest BCUT2D eigenvalue weighted by atomic mass is 35.5. The topological polar surface area (TPSA) is 46.9 Å². The smallest absolute Gasteiger partial charge is 0.347 e. The Balaban J connectivity index is 1.90. The third kappa shape index (κ3) is 3.32. The van der Waals surface area contributed by atoms with Gasteiger partial charge < -0.3 is 5.32 Å². The molecule has 0 saturated carbocycles. The number of nitrogens with zero attached hydrogens (tertiary/aromatic N) is 2. The van der Waals surface area contributed by atoms with Crippen molar-refractivity contribution in [3.8, 4) is 0 Å². The quantitative estimate of drug-likeness (QED) is 0.902. The zero-order valence-electron chi connectivity index (χ0n) is 9.14. The van der Waals surface area contributed by atoms with Crippen molar-refractivity contribution < 1.29 is 0 Å². The molecule has 0 aliphatic heterocycles. The molecule has 4 nitrogen and oxygen atoms in total. The molecule has 0 amide bonds. The van der Waals surface area contributed by atoms with Crippen LogP contribution in [0.25, 0.3) is 0 Å². The van der Waals surface area contributed by atoms with Crippen molar-refractivity contribution >= 4 is 17.3 Å². The molecule has 5 heteroatoms. The van der Waals surface area contributed by atoms with E-state index in [9.17, 15) is 4.79 Å². The van der Waals surface area contributed by atoms with Gasteiger partial charge in [-0.3, -0.25) is 4.57 Å². The second kappa shape index (κ2) is 5.50. The second-order valence-electron chi connectivity index (χ2n) is 3.53. The molecule has 0 spiro atoms. The largest absolute Gasteiger partial charge is 0.383 e. The summed E-state index contributed by atoms with van der Waals surface area (Å²) in [4.78, 5) is 15.0. The monoisotopic (exact) mass is 249 g/mol. The Morgan fingerprint density at radius 2 is 2.06 bits per heavy atom. The van der Waals surface area contributed by atoms with Crippen LogP contribution in [0.15, 0.2) is 47.5 Å². The van der Waals surface area contributed by atoms with Gasteiger partial charge in [0.25, 0.3) is 0 Å². The summed E-state index contributed by atoms with van der Waals surface area (Å²) < 4.78 is 1.56. The van der Waals surface area contributed by atoms with E-state index in [1.807, 2.05) is 24.3 Å². The van der Waals surface area contributed by atoms with Crippen molar-refractivity contribution in [2.45, 2.75) is 6.54 Å². The van der Waals surface area contributed by atoms with Crippen LogP contribution in [-0.4, -0.2) is 16.1 Å². The van der Waals surface area contributed by atoms with Gasteiger partial charge in [-0.1, -0.05) is 11.6 Å². The molecular weight excluding hydrogens is 238 g/mol. The number of benzene rings is 1. The Morgan fingerprint density at radius 1 is 1.29 bits per heavy atom. The van der Waals surface area contributed by atoms with E-state index in [-0.39, 0.29) is 5.69 Å². The van der Waals surface area contributed by atoms with Crippen LogP contribution in [0.5, 0.6) is 0 Å². The second-order valence-corrected chi connectivity index (χ2v) is 3.97. The van der Waals surface area contributed by atoms with E-state index < -0.39 is 0 Å². The average molecular weight is 250 g/mol. The Morgan fingerprint density at radius 3 is 2.76 bits per heavy atom. The number of rotatable bonds is 4. The summed E-state index contributed by atoms with van der Waals surface area (Å²) in [5.74, 6) is 0. The fourth-order valence-corrected chi connectivity index (χ4v) is 1.57. The standard InChI is InChI=1S/C12H12ClN3O/c13-10-2-4-11(5-3-10)14-7-9-16-8-1-6-15-12(16)17/h1-6,8,14H,7,9H2. The molecule has 0 aliphatic carbocycles. The zero-order valence-corrected chi connectivity index (χ0v) is 9.89. The fourth-order valence-electron chi connectivity index (χ4n) is 1.45. The summed E-state index contributed by atoms with van der Waals surface area (Å²) in [5, 5.41) is 3.91. The highest BCUT2D eigenvalue weighted by Crippen LogP contribution is 2.12. The fraction of sp³-hybridized carbons (Fsp3) is 0.167. The Kier molecular flexibility index (Phi) is 3.77. The first-order valence-electron chi connectivity index (χ1n) is 5.26. The zero-order chi connectivity index (χ0) is 12.1. The summed E-state index contributed by atoms with van der Waals surface area (Å²) >= 11 is 5.78. The van der Waals surface area contributed by atoms with Crippen LogP contribution in [0, 0.1) is 0 Å². The van der Waals surface area contributed by atoms with Crippen molar-refractivity contribution in [2.24, 2.45) is 0 Å². The van der Waals surface area contributed by atoms with Crippen LogP contribution in [0.4, 0.5) is 5.69 Å². The normalized spacial score (nSPS) is 10.2. The molecular formula is C12H12ClN3O. The summed E-state index contributed by atoms with van der Waals surface area (Å²) in [5.41, 5.74) is 0.747. The molecule has 2 aromatic rings. The third-order valence-electron chi connectivity index (χ3n) is 2.31. The summed E-state index contributed by atoms with van der Waals surface area (Å²) in [6.45, 7) is 1.24. The molecule has 2 rings (SSSR count). The summed E-state index contributed by atoms with van der Waals surface area (Å²) in [6, 6.07) is 9.17. The van der Waals surface area contributed by atoms with E-state index in [4.69, 9.17) is 11.6 Å². The lowest BCUT2D eigenvalue weighted by molar-refractivity contribution is 0.674. The van der Waals surface area contributed by atoms with E-state index in [1.165, 1.54) is 6.20 Å². The lowest BCUT2D eigenvalue weighted by Gasteiger charge is -2.07. The van der Waals surface area contributed by atoms with E-state index in [2.05, 4.69) is 10.3 Å². The minimum Gasteiger partial charge on any atom is -0.383 e. The van der Waals surface area contributed by atoms with Crippen LogP contribution in [0.1, 0.15) is 0 Å².